The van der Waals surface area contributed by atoms with Crippen molar-refractivity contribution >= 4 is 11.5 Å². The van der Waals surface area contributed by atoms with Gasteiger partial charge in [-0.1, -0.05) is 36.4 Å². The molecule has 1 heterocycles. The number of hydrogen-bond donors (Lipinski definition) is 1. The fourth-order valence-corrected chi connectivity index (χ4v) is 2.38. The molecule has 90 valence electrons. The number of allylic oxidation sites excluding steroid dienone is 1. The van der Waals surface area contributed by atoms with Crippen molar-refractivity contribution in [3.05, 3.63) is 22.2 Å². The maximum Gasteiger partial charge on any atom is 0.0806 e. The van der Waals surface area contributed by atoms with Crippen molar-refractivity contribution in [2.24, 2.45) is 0 Å². The van der Waals surface area contributed by atoms with Crippen LogP contribution >= 0.6 is 11.5 Å². The van der Waals surface area contributed by atoms with Crippen LogP contribution < -0.4 is 5.32 Å². The maximum atomic E-state index is 4.22. The van der Waals surface area contributed by atoms with Gasteiger partial charge in [-0.05, 0) is 38.3 Å². The summed E-state index contributed by atoms with van der Waals surface area (Å²) in [6, 6.07) is 0.275. The minimum Gasteiger partial charge on any atom is -0.306 e. The highest BCUT2D eigenvalue weighted by Gasteiger charge is 2.15. The van der Waals surface area contributed by atoms with E-state index in [4.69, 9.17) is 0 Å². The number of rotatable bonds is 6. The van der Waals surface area contributed by atoms with Crippen LogP contribution in [0.5, 0.6) is 0 Å². The number of aryl methyl sites for hydroxylation is 1. The molecule has 0 saturated heterocycles. The lowest BCUT2D eigenvalue weighted by atomic mass is 10.1. The fourth-order valence-electron chi connectivity index (χ4n) is 1.64. The molecule has 0 aromatic carbocycles. The van der Waals surface area contributed by atoms with E-state index in [1.807, 2.05) is 0 Å². The highest BCUT2D eigenvalue weighted by molar-refractivity contribution is 7.05. The normalized spacial score (nSPS) is 12.5. The molecule has 0 aliphatic heterocycles. The quantitative estimate of drug-likeness (QED) is 0.775. The van der Waals surface area contributed by atoms with E-state index in [0.717, 1.165) is 25.1 Å². The molecule has 3 nitrogen and oxygen atoms in total. The first-order valence-corrected chi connectivity index (χ1v) is 6.65. The van der Waals surface area contributed by atoms with Crippen LogP contribution in [0.4, 0.5) is 0 Å². The van der Waals surface area contributed by atoms with Gasteiger partial charge in [0, 0.05) is 0 Å². The van der Waals surface area contributed by atoms with Crippen molar-refractivity contribution in [2.45, 2.75) is 46.6 Å². The topological polar surface area (TPSA) is 37.8 Å². The average molecular weight is 239 g/mol. The van der Waals surface area contributed by atoms with Crippen molar-refractivity contribution in [1.82, 2.24) is 14.9 Å². The van der Waals surface area contributed by atoms with E-state index in [-0.39, 0.29) is 6.04 Å². The molecule has 1 aromatic heterocycles. The van der Waals surface area contributed by atoms with Crippen molar-refractivity contribution in [3.8, 4) is 0 Å². The number of nitrogens with zero attached hydrogens (tertiary/aromatic N) is 2. The molecule has 16 heavy (non-hydrogen) atoms. The summed E-state index contributed by atoms with van der Waals surface area (Å²) in [5.41, 5.74) is 2.47. The van der Waals surface area contributed by atoms with Gasteiger partial charge in [0.2, 0.25) is 0 Å². The van der Waals surface area contributed by atoms with Gasteiger partial charge in [0.05, 0.1) is 16.6 Å². The third kappa shape index (κ3) is 3.68. The van der Waals surface area contributed by atoms with Crippen LogP contribution in [0.15, 0.2) is 11.6 Å². The van der Waals surface area contributed by atoms with Gasteiger partial charge < -0.3 is 5.32 Å². The summed E-state index contributed by atoms with van der Waals surface area (Å²) >= 11 is 1.51. The third-order valence-electron chi connectivity index (χ3n) is 2.28. The van der Waals surface area contributed by atoms with Crippen LogP contribution in [0, 0.1) is 0 Å². The van der Waals surface area contributed by atoms with E-state index in [1.165, 1.54) is 22.0 Å². The molecule has 1 unspecified atom stereocenters. The molecule has 1 N–H and O–H groups in total. The molecule has 0 spiro atoms. The van der Waals surface area contributed by atoms with Gasteiger partial charge in [-0.15, -0.1) is 5.10 Å². The molecule has 1 atom stereocenters. The smallest absolute Gasteiger partial charge is 0.0806 e. The summed E-state index contributed by atoms with van der Waals surface area (Å²) in [5.74, 6) is 0. The van der Waals surface area contributed by atoms with E-state index in [9.17, 15) is 0 Å². The molecule has 0 aliphatic rings. The first kappa shape index (κ1) is 13.3. The summed E-state index contributed by atoms with van der Waals surface area (Å²) in [6.07, 6.45) is 4.38. The van der Waals surface area contributed by atoms with E-state index < -0.39 is 0 Å². The van der Waals surface area contributed by atoms with Gasteiger partial charge in [-0.3, -0.25) is 0 Å². The van der Waals surface area contributed by atoms with Crippen LogP contribution in [-0.4, -0.2) is 16.1 Å². The molecule has 4 heteroatoms. The lowest BCUT2D eigenvalue weighted by Crippen LogP contribution is -2.19. The lowest BCUT2D eigenvalue weighted by Gasteiger charge is -2.13. The Labute approximate surface area is 102 Å². The molecule has 0 radical (unpaired) electrons. The molecule has 1 aromatic rings. The van der Waals surface area contributed by atoms with Crippen molar-refractivity contribution in [1.29, 1.82) is 0 Å². The Hall–Kier alpha value is -0.740. The molecule has 0 amide bonds. The van der Waals surface area contributed by atoms with Crippen molar-refractivity contribution in [2.75, 3.05) is 6.54 Å². The predicted octanol–water partition coefficient (Wildman–Crippen LogP) is 3.11. The van der Waals surface area contributed by atoms with Crippen LogP contribution in [0.25, 0.3) is 0 Å². The molecule has 1 rings (SSSR count). The Kier molecular flexibility index (Phi) is 5.63. The van der Waals surface area contributed by atoms with Crippen LogP contribution in [-0.2, 0) is 6.42 Å². The Morgan fingerprint density at radius 1 is 1.44 bits per heavy atom. The highest BCUT2D eigenvalue weighted by Crippen LogP contribution is 2.23. The second kappa shape index (κ2) is 6.76. The van der Waals surface area contributed by atoms with Gasteiger partial charge in [0.1, 0.15) is 0 Å². The van der Waals surface area contributed by atoms with Crippen LogP contribution in [0.3, 0.4) is 0 Å². The van der Waals surface area contributed by atoms with Crippen LogP contribution in [0.1, 0.15) is 50.7 Å². The second-order valence-corrected chi connectivity index (χ2v) is 4.90. The van der Waals surface area contributed by atoms with E-state index >= 15 is 0 Å². The number of aromatic nitrogens is 2. The number of hydrogen-bond acceptors (Lipinski definition) is 4. The summed E-state index contributed by atoms with van der Waals surface area (Å²) in [7, 11) is 0. The third-order valence-corrected chi connectivity index (χ3v) is 3.13. The van der Waals surface area contributed by atoms with E-state index in [2.05, 4.69) is 48.7 Å². The Balaban J connectivity index is 2.91. The fraction of sp³-hybridized carbons (Fsp3) is 0.667. The lowest BCUT2D eigenvalue weighted by molar-refractivity contribution is 0.644. The molecule has 0 aliphatic carbocycles. The van der Waals surface area contributed by atoms with Crippen molar-refractivity contribution < 1.29 is 0 Å². The molecular formula is C12H21N3S. The largest absolute Gasteiger partial charge is 0.306 e. The predicted molar refractivity (Wildman–Crippen MR) is 69.8 cm³/mol. The zero-order valence-corrected chi connectivity index (χ0v) is 11.4. The first-order valence-electron chi connectivity index (χ1n) is 5.88. The molecule has 0 saturated carbocycles. The molecule has 0 fully saturated rings. The summed E-state index contributed by atoms with van der Waals surface area (Å²) in [6.45, 7) is 9.50. The summed E-state index contributed by atoms with van der Waals surface area (Å²) in [4.78, 5) is 1.27. The standard InChI is InChI=1S/C12H21N3S/c1-5-7-10-12(16-15-14-10)11(13-6-2)8-9(3)4/h8,11,13H,5-7H2,1-4H3. The molecular weight excluding hydrogens is 218 g/mol. The van der Waals surface area contributed by atoms with E-state index in [0.29, 0.717) is 0 Å². The minimum absolute atomic E-state index is 0.275. The zero-order valence-electron chi connectivity index (χ0n) is 10.6. The first-order chi connectivity index (χ1) is 7.69. The van der Waals surface area contributed by atoms with Gasteiger partial charge >= 0.3 is 0 Å². The Bertz CT molecular complexity index is 340. The van der Waals surface area contributed by atoms with Gasteiger partial charge in [-0.2, -0.15) is 0 Å². The summed E-state index contributed by atoms with van der Waals surface area (Å²) in [5, 5.41) is 7.68. The maximum absolute atomic E-state index is 4.22. The SMILES string of the molecule is CCCc1nnsc1C(C=C(C)C)NCC. The number of nitrogens with one attached hydrogen (secondary N) is 1. The molecule has 0 bridgehead atoms. The van der Waals surface area contributed by atoms with E-state index in [1.54, 1.807) is 0 Å². The van der Waals surface area contributed by atoms with Crippen molar-refractivity contribution in [3.63, 3.8) is 0 Å². The van der Waals surface area contributed by atoms with Gasteiger partial charge in [0.15, 0.2) is 0 Å². The van der Waals surface area contributed by atoms with Gasteiger partial charge in [-0.25, -0.2) is 0 Å². The Morgan fingerprint density at radius 2 is 2.19 bits per heavy atom. The monoisotopic (exact) mass is 239 g/mol. The highest BCUT2D eigenvalue weighted by atomic mass is 32.1. The summed E-state index contributed by atoms with van der Waals surface area (Å²) < 4.78 is 4.07. The van der Waals surface area contributed by atoms with Crippen LogP contribution in [0.2, 0.25) is 0 Å². The Morgan fingerprint density at radius 3 is 2.75 bits per heavy atom. The number of likely N-dealkylation sites (N-methyl/N-ethyl adjacent to an activating group) is 1. The zero-order chi connectivity index (χ0) is 12.0. The second-order valence-electron chi connectivity index (χ2n) is 4.11. The minimum atomic E-state index is 0.275. The average Bonchev–Trinajstić information content (AvgIpc) is 2.65. The van der Waals surface area contributed by atoms with Gasteiger partial charge in [0.25, 0.3) is 0 Å².